The lowest BCUT2D eigenvalue weighted by Gasteiger charge is -2.13. The summed E-state index contributed by atoms with van der Waals surface area (Å²) in [4.78, 5) is 11.9. The predicted octanol–water partition coefficient (Wildman–Crippen LogP) is 3.16. The van der Waals surface area contributed by atoms with E-state index in [4.69, 9.17) is 16.3 Å². The molecule has 2 aromatic rings. The fraction of sp³-hybridized carbons (Fsp3) is 0.133. The molecule has 0 aliphatic carbocycles. The fourth-order valence-electron chi connectivity index (χ4n) is 1.75. The normalized spacial score (nSPS) is 11.8. The van der Waals surface area contributed by atoms with Crippen LogP contribution in [0.3, 0.4) is 0 Å². The number of halogens is 2. The van der Waals surface area contributed by atoms with Crippen molar-refractivity contribution in [2.75, 3.05) is 12.4 Å². The maximum Gasteiger partial charge on any atom is 0.257 e. The Morgan fingerprint density at radius 1 is 1.33 bits per heavy atom. The van der Waals surface area contributed by atoms with Gasteiger partial charge < -0.3 is 15.2 Å². The number of amides is 1. The minimum Gasteiger partial charge on any atom is -0.497 e. The molecule has 0 fully saturated rings. The van der Waals surface area contributed by atoms with E-state index in [1.807, 2.05) is 0 Å². The van der Waals surface area contributed by atoms with Crippen molar-refractivity contribution in [3.8, 4) is 5.75 Å². The van der Waals surface area contributed by atoms with E-state index >= 15 is 0 Å². The number of nitrogens with one attached hydrogen (secondary N) is 1. The zero-order chi connectivity index (χ0) is 15.4. The van der Waals surface area contributed by atoms with Gasteiger partial charge in [-0.05, 0) is 35.9 Å². The van der Waals surface area contributed by atoms with Gasteiger partial charge in [-0.1, -0.05) is 23.7 Å². The van der Waals surface area contributed by atoms with Gasteiger partial charge in [0.05, 0.1) is 12.8 Å². The number of aliphatic hydroxyl groups excluding tert-OH is 1. The zero-order valence-electron chi connectivity index (χ0n) is 11.1. The molecule has 2 rings (SSSR count). The van der Waals surface area contributed by atoms with E-state index in [1.165, 1.54) is 25.3 Å². The van der Waals surface area contributed by atoms with Crippen LogP contribution in [-0.4, -0.2) is 18.1 Å². The van der Waals surface area contributed by atoms with E-state index in [0.717, 1.165) is 6.07 Å². The Morgan fingerprint density at radius 2 is 2.10 bits per heavy atom. The molecule has 1 atom stereocenters. The molecule has 2 N–H and O–H groups in total. The minimum atomic E-state index is -1.44. The van der Waals surface area contributed by atoms with E-state index in [9.17, 15) is 14.3 Å². The molecular formula is C15H13ClFNO3. The maximum absolute atomic E-state index is 13.6. The van der Waals surface area contributed by atoms with Crippen LogP contribution >= 0.6 is 11.6 Å². The van der Waals surface area contributed by atoms with Gasteiger partial charge in [-0.15, -0.1) is 0 Å². The highest BCUT2D eigenvalue weighted by Crippen LogP contribution is 2.23. The van der Waals surface area contributed by atoms with Crippen LogP contribution in [0.25, 0.3) is 0 Å². The number of methoxy groups -OCH3 is 1. The topological polar surface area (TPSA) is 58.6 Å². The number of hydrogen-bond acceptors (Lipinski definition) is 3. The second kappa shape index (κ2) is 6.56. The first-order valence-electron chi connectivity index (χ1n) is 6.09. The number of carbonyl (C=O) groups is 1. The molecule has 1 amide bonds. The second-order valence-corrected chi connectivity index (χ2v) is 4.73. The van der Waals surface area contributed by atoms with Crippen LogP contribution in [0.15, 0.2) is 42.5 Å². The number of ether oxygens (including phenoxy) is 1. The molecule has 0 aromatic heterocycles. The molecule has 21 heavy (non-hydrogen) atoms. The Kier molecular flexibility index (Phi) is 4.77. The molecule has 0 aliphatic rings. The minimum absolute atomic E-state index is 0.0497. The number of aliphatic hydroxyl groups is 1. The molecule has 0 saturated carbocycles. The first kappa shape index (κ1) is 15.3. The van der Waals surface area contributed by atoms with Crippen molar-refractivity contribution in [2.24, 2.45) is 0 Å². The highest BCUT2D eigenvalue weighted by Gasteiger charge is 2.19. The smallest absolute Gasteiger partial charge is 0.257 e. The van der Waals surface area contributed by atoms with Crippen molar-refractivity contribution in [1.29, 1.82) is 0 Å². The Morgan fingerprint density at radius 3 is 2.76 bits per heavy atom. The molecule has 0 saturated heterocycles. The van der Waals surface area contributed by atoms with Crippen molar-refractivity contribution in [3.05, 3.63) is 58.9 Å². The standard InChI is InChI=1S/C15H13ClFNO3/c1-21-11-4-2-3-9(7-11)14(19)15(20)18-13-6-5-10(16)8-12(13)17/h2-8,14,19H,1H3,(H,18,20). The van der Waals surface area contributed by atoms with Crippen molar-refractivity contribution >= 4 is 23.2 Å². The van der Waals surface area contributed by atoms with Gasteiger partial charge in [0.25, 0.3) is 5.91 Å². The van der Waals surface area contributed by atoms with Crippen molar-refractivity contribution < 1.29 is 19.0 Å². The molecular weight excluding hydrogens is 297 g/mol. The highest BCUT2D eigenvalue weighted by molar-refractivity contribution is 6.30. The molecule has 110 valence electrons. The Balaban J connectivity index is 2.15. The summed E-state index contributed by atoms with van der Waals surface area (Å²) in [5.41, 5.74) is 0.299. The predicted molar refractivity (Wildman–Crippen MR) is 78.0 cm³/mol. The quantitative estimate of drug-likeness (QED) is 0.912. The van der Waals surface area contributed by atoms with Crippen LogP contribution in [0.1, 0.15) is 11.7 Å². The molecule has 0 radical (unpaired) electrons. The van der Waals surface area contributed by atoms with Gasteiger partial charge in [-0.2, -0.15) is 0 Å². The van der Waals surface area contributed by atoms with Crippen LogP contribution in [0, 0.1) is 5.82 Å². The number of anilines is 1. The van der Waals surface area contributed by atoms with Crippen LogP contribution < -0.4 is 10.1 Å². The summed E-state index contributed by atoms with van der Waals surface area (Å²) in [6, 6.07) is 10.3. The fourth-order valence-corrected chi connectivity index (χ4v) is 1.91. The summed E-state index contributed by atoms with van der Waals surface area (Å²) in [6.45, 7) is 0. The lowest BCUT2D eigenvalue weighted by atomic mass is 10.1. The van der Waals surface area contributed by atoms with Crippen LogP contribution in [-0.2, 0) is 4.79 Å². The average molecular weight is 310 g/mol. The van der Waals surface area contributed by atoms with Gasteiger partial charge in [0.2, 0.25) is 0 Å². The third kappa shape index (κ3) is 3.71. The van der Waals surface area contributed by atoms with Gasteiger partial charge in [0, 0.05) is 5.02 Å². The maximum atomic E-state index is 13.6. The van der Waals surface area contributed by atoms with Gasteiger partial charge >= 0.3 is 0 Å². The first-order chi connectivity index (χ1) is 10.0. The molecule has 0 spiro atoms. The number of benzene rings is 2. The van der Waals surface area contributed by atoms with Crippen molar-refractivity contribution in [2.45, 2.75) is 6.10 Å². The summed E-state index contributed by atoms with van der Waals surface area (Å²) < 4.78 is 18.6. The highest BCUT2D eigenvalue weighted by atomic mass is 35.5. The molecule has 4 nitrogen and oxygen atoms in total. The van der Waals surface area contributed by atoms with Crippen molar-refractivity contribution in [1.82, 2.24) is 0 Å². The summed E-state index contributed by atoms with van der Waals surface area (Å²) in [5.74, 6) is -0.907. The molecule has 2 aromatic carbocycles. The SMILES string of the molecule is COc1cccc(C(O)C(=O)Nc2ccc(Cl)cc2F)c1. The van der Waals surface area contributed by atoms with Crippen LogP contribution in [0.5, 0.6) is 5.75 Å². The van der Waals surface area contributed by atoms with Gasteiger partial charge in [0.1, 0.15) is 11.6 Å². The molecule has 6 heteroatoms. The van der Waals surface area contributed by atoms with Crippen LogP contribution in [0.4, 0.5) is 10.1 Å². The summed E-state index contributed by atoms with van der Waals surface area (Å²) in [5, 5.41) is 12.5. The first-order valence-corrected chi connectivity index (χ1v) is 6.47. The van der Waals surface area contributed by atoms with Gasteiger partial charge in [-0.3, -0.25) is 4.79 Å². The Hall–Kier alpha value is -2.11. The molecule has 0 bridgehead atoms. The Bertz CT molecular complexity index is 663. The number of carbonyl (C=O) groups excluding carboxylic acids is 1. The van der Waals surface area contributed by atoms with Gasteiger partial charge in [0.15, 0.2) is 6.10 Å². The zero-order valence-corrected chi connectivity index (χ0v) is 11.9. The molecule has 0 aliphatic heterocycles. The van der Waals surface area contributed by atoms with E-state index in [0.29, 0.717) is 11.3 Å². The average Bonchev–Trinajstić information content (AvgIpc) is 2.49. The van der Waals surface area contributed by atoms with Gasteiger partial charge in [-0.25, -0.2) is 4.39 Å². The summed E-state index contributed by atoms with van der Waals surface area (Å²) in [6.07, 6.45) is -1.44. The van der Waals surface area contributed by atoms with E-state index < -0.39 is 17.8 Å². The van der Waals surface area contributed by atoms with Crippen molar-refractivity contribution in [3.63, 3.8) is 0 Å². The second-order valence-electron chi connectivity index (χ2n) is 4.29. The molecule has 1 unspecified atom stereocenters. The van der Waals surface area contributed by atoms with E-state index in [2.05, 4.69) is 5.32 Å². The monoisotopic (exact) mass is 309 g/mol. The Labute approximate surface area is 126 Å². The summed E-state index contributed by atoms with van der Waals surface area (Å²) in [7, 11) is 1.48. The van der Waals surface area contributed by atoms with Crippen LogP contribution in [0.2, 0.25) is 5.02 Å². The summed E-state index contributed by atoms with van der Waals surface area (Å²) >= 11 is 5.63. The van der Waals surface area contributed by atoms with E-state index in [-0.39, 0.29) is 10.7 Å². The molecule has 0 heterocycles. The number of rotatable bonds is 4. The lowest BCUT2D eigenvalue weighted by Crippen LogP contribution is -2.21. The largest absolute Gasteiger partial charge is 0.497 e. The third-order valence-electron chi connectivity index (χ3n) is 2.85. The van der Waals surface area contributed by atoms with E-state index in [1.54, 1.807) is 18.2 Å². The third-order valence-corrected chi connectivity index (χ3v) is 3.08. The number of hydrogen-bond donors (Lipinski definition) is 2. The lowest BCUT2D eigenvalue weighted by molar-refractivity contribution is -0.124.